The number of benzene rings is 2. The first-order valence-corrected chi connectivity index (χ1v) is 10.3. The standard InChI is InChI=1S/C19H18ClN3O4S/c1-12-17(15-4-2-3-5-16(15)20)18(23-27-12)19(24)22-11-10-13-6-8-14(9-7-13)28(21,25)26/h2-9H,10-11H2,1H3,(H,22,24)(H2,21,25,26). The van der Waals surface area contributed by atoms with E-state index in [2.05, 4.69) is 10.5 Å². The van der Waals surface area contributed by atoms with Gasteiger partial charge in [-0.3, -0.25) is 4.79 Å². The molecule has 3 rings (SSSR count). The van der Waals surface area contributed by atoms with Crippen LogP contribution >= 0.6 is 11.6 Å². The van der Waals surface area contributed by atoms with Crippen molar-refractivity contribution in [1.82, 2.24) is 10.5 Å². The molecular formula is C19H18ClN3O4S. The van der Waals surface area contributed by atoms with E-state index in [0.717, 1.165) is 5.56 Å². The summed E-state index contributed by atoms with van der Waals surface area (Å²) >= 11 is 6.24. The van der Waals surface area contributed by atoms with E-state index in [1.54, 1.807) is 37.3 Å². The fourth-order valence-corrected chi connectivity index (χ4v) is 3.50. The summed E-state index contributed by atoms with van der Waals surface area (Å²) in [6.45, 7) is 2.05. The number of halogens is 1. The van der Waals surface area contributed by atoms with E-state index in [9.17, 15) is 13.2 Å². The van der Waals surface area contributed by atoms with E-state index < -0.39 is 10.0 Å². The smallest absolute Gasteiger partial charge is 0.274 e. The van der Waals surface area contributed by atoms with E-state index in [4.69, 9.17) is 21.3 Å². The zero-order valence-electron chi connectivity index (χ0n) is 15.0. The Morgan fingerprint density at radius 1 is 1.18 bits per heavy atom. The van der Waals surface area contributed by atoms with Gasteiger partial charge in [-0.1, -0.05) is 47.1 Å². The lowest BCUT2D eigenvalue weighted by Crippen LogP contribution is -2.26. The van der Waals surface area contributed by atoms with Gasteiger partial charge in [-0.25, -0.2) is 13.6 Å². The molecule has 7 nitrogen and oxygen atoms in total. The lowest BCUT2D eigenvalue weighted by molar-refractivity contribution is 0.0945. The van der Waals surface area contributed by atoms with Crippen LogP contribution in [0.5, 0.6) is 0 Å². The zero-order chi connectivity index (χ0) is 20.3. The van der Waals surface area contributed by atoms with Crippen LogP contribution in [-0.4, -0.2) is 26.0 Å². The van der Waals surface area contributed by atoms with Crippen LogP contribution in [0.3, 0.4) is 0 Å². The van der Waals surface area contributed by atoms with Crippen molar-refractivity contribution in [3.8, 4) is 11.1 Å². The fraction of sp³-hybridized carbons (Fsp3) is 0.158. The van der Waals surface area contributed by atoms with Gasteiger partial charge in [0.2, 0.25) is 10.0 Å². The van der Waals surface area contributed by atoms with Gasteiger partial charge in [0.25, 0.3) is 5.91 Å². The third-order valence-corrected chi connectivity index (χ3v) is 5.43. The van der Waals surface area contributed by atoms with Gasteiger partial charge in [0.15, 0.2) is 5.69 Å². The second-order valence-corrected chi connectivity index (χ2v) is 8.11. The van der Waals surface area contributed by atoms with Gasteiger partial charge in [0, 0.05) is 17.1 Å². The number of carbonyl (C=O) groups is 1. The van der Waals surface area contributed by atoms with Crippen LogP contribution in [-0.2, 0) is 16.4 Å². The number of rotatable bonds is 6. The third-order valence-electron chi connectivity index (χ3n) is 4.17. The summed E-state index contributed by atoms with van der Waals surface area (Å²) in [6, 6.07) is 13.3. The molecule has 0 radical (unpaired) electrons. The molecule has 0 aliphatic heterocycles. The molecule has 0 aliphatic rings. The van der Waals surface area contributed by atoms with Crippen molar-refractivity contribution in [2.45, 2.75) is 18.2 Å². The van der Waals surface area contributed by atoms with Crippen molar-refractivity contribution in [3.63, 3.8) is 0 Å². The van der Waals surface area contributed by atoms with Crippen LogP contribution in [0.25, 0.3) is 11.1 Å². The van der Waals surface area contributed by atoms with E-state index in [-0.39, 0.29) is 16.5 Å². The average Bonchev–Trinajstić information content (AvgIpc) is 3.03. The molecule has 0 bridgehead atoms. The fourth-order valence-electron chi connectivity index (χ4n) is 2.76. The Morgan fingerprint density at radius 3 is 2.50 bits per heavy atom. The highest BCUT2D eigenvalue weighted by Crippen LogP contribution is 2.32. The first-order chi connectivity index (χ1) is 13.3. The van der Waals surface area contributed by atoms with Crippen molar-refractivity contribution in [2.24, 2.45) is 5.14 Å². The van der Waals surface area contributed by atoms with Crippen molar-refractivity contribution in [1.29, 1.82) is 0 Å². The van der Waals surface area contributed by atoms with Crippen LogP contribution in [0.4, 0.5) is 0 Å². The van der Waals surface area contributed by atoms with Gasteiger partial charge in [-0.2, -0.15) is 0 Å². The first-order valence-electron chi connectivity index (χ1n) is 8.38. The lowest BCUT2D eigenvalue weighted by atomic mass is 10.0. The van der Waals surface area contributed by atoms with Crippen molar-refractivity contribution in [3.05, 3.63) is 70.6 Å². The minimum Gasteiger partial charge on any atom is -0.360 e. The molecule has 0 saturated heterocycles. The summed E-state index contributed by atoms with van der Waals surface area (Å²) in [6.07, 6.45) is 0.509. The number of aromatic nitrogens is 1. The Labute approximate surface area is 167 Å². The molecule has 9 heteroatoms. The van der Waals surface area contributed by atoms with Crippen LogP contribution in [0.1, 0.15) is 21.8 Å². The van der Waals surface area contributed by atoms with Gasteiger partial charge < -0.3 is 9.84 Å². The number of nitrogens with two attached hydrogens (primary N) is 1. The van der Waals surface area contributed by atoms with Crippen LogP contribution in [0.2, 0.25) is 5.02 Å². The monoisotopic (exact) mass is 419 g/mol. The summed E-state index contributed by atoms with van der Waals surface area (Å²) in [7, 11) is -3.72. The molecule has 0 spiro atoms. The predicted octanol–water partition coefficient (Wildman–Crippen LogP) is 2.92. The number of nitrogens with zero attached hydrogens (tertiary/aromatic N) is 1. The Kier molecular flexibility index (Phi) is 5.83. The number of nitrogens with one attached hydrogen (secondary N) is 1. The molecule has 0 aliphatic carbocycles. The van der Waals surface area contributed by atoms with Gasteiger partial charge in [0.05, 0.1) is 10.5 Å². The maximum atomic E-state index is 12.6. The molecule has 3 aromatic rings. The molecule has 0 saturated carbocycles. The quantitative estimate of drug-likeness (QED) is 0.637. The van der Waals surface area contributed by atoms with Crippen molar-refractivity contribution < 1.29 is 17.7 Å². The molecule has 0 unspecified atom stereocenters. The Balaban J connectivity index is 1.69. The molecule has 1 heterocycles. The summed E-state index contributed by atoms with van der Waals surface area (Å²) < 4.78 is 27.7. The third kappa shape index (κ3) is 4.41. The lowest BCUT2D eigenvalue weighted by Gasteiger charge is -2.07. The van der Waals surface area contributed by atoms with Gasteiger partial charge in [-0.05, 0) is 37.1 Å². The minimum atomic E-state index is -3.72. The van der Waals surface area contributed by atoms with Gasteiger partial charge >= 0.3 is 0 Å². The summed E-state index contributed by atoms with van der Waals surface area (Å²) in [5.41, 5.74) is 2.25. The molecule has 3 N–H and O–H groups in total. The van der Waals surface area contributed by atoms with Crippen molar-refractivity contribution >= 4 is 27.5 Å². The SMILES string of the molecule is Cc1onc(C(=O)NCCc2ccc(S(N)(=O)=O)cc2)c1-c1ccccc1Cl. The second-order valence-electron chi connectivity index (χ2n) is 6.14. The number of primary sulfonamides is 1. The zero-order valence-corrected chi connectivity index (χ0v) is 16.5. The van der Waals surface area contributed by atoms with Crippen molar-refractivity contribution in [2.75, 3.05) is 6.54 Å². The maximum absolute atomic E-state index is 12.6. The van der Waals surface area contributed by atoms with Crippen LogP contribution < -0.4 is 10.5 Å². The van der Waals surface area contributed by atoms with Crippen LogP contribution in [0, 0.1) is 6.92 Å². The van der Waals surface area contributed by atoms with Crippen LogP contribution in [0.15, 0.2) is 57.9 Å². The number of amides is 1. The predicted molar refractivity (Wildman–Crippen MR) is 106 cm³/mol. The highest BCUT2D eigenvalue weighted by Gasteiger charge is 2.22. The average molecular weight is 420 g/mol. The highest BCUT2D eigenvalue weighted by atomic mass is 35.5. The summed E-state index contributed by atoms with van der Waals surface area (Å²) in [4.78, 5) is 12.6. The second kappa shape index (κ2) is 8.14. The Hall–Kier alpha value is -2.68. The molecule has 0 atom stereocenters. The van der Waals surface area contributed by atoms with Gasteiger partial charge in [0.1, 0.15) is 5.76 Å². The summed E-state index contributed by atoms with van der Waals surface area (Å²) in [5.74, 6) is 0.116. The first kappa shape index (κ1) is 20.1. The maximum Gasteiger partial charge on any atom is 0.274 e. The largest absolute Gasteiger partial charge is 0.360 e. The highest BCUT2D eigenvalue weighted by molar-refractivity contribution is 7.89. The molecule has 146 valence electrons. The molecule has 2 aromatic carbocycles. The topological polar surface area (TPSA) is 115 Å². The Morgan fingerprint density at radius 2 is 1.86 bits per heavy atom. The number of sulfonamides is 1. The minimum absolute atomic E-state index is 0.0442. The molecule has 1 amide bonds. The van der Waals surface area contributed by atoms with E-state index in [0.29, 0.717) is 34.9 Å². The summed E-state index contributed by atoms with van der Waals surface area (Å²) in [5, 5.41) is 12.2. The van der Waals surface area contributed by atoms with E-state index in [1.165, 1.54) is 12.1 Å². The molecule has 28 heavy (non-hydrogen) atoms. The molecule has 0 fully saturated rings. The molecular weight excluding hydrogens is 402 g/mol. The number of carbonyl (C=O) groups excluding carboxylic acids is 1. The number of aryl methyl sites for hydroxylation is 1. The number of hydrogen-bond acceptors (Lipinski definition) is 5. The molecule has 1 aromatic heterocycles. The van der Waals surface area contributed by atoms with E-state index in [1.807, 2.05) is 6.07 Å². The van der Waals surface area contributed by atoms with E-state index >= 15 is 0 Å². The number of hydrogen-bond donors (Lipinski definition) is 2. The Bertz CT molecular complexity index is 1110. The normalized spacial score (nSPS) is 11.4. The van der Waals surface area contributed by atoms with Gasteiger partial charge in [-0.15, -0.1) is 0 Å².